The van der Waals surface area contributed by atoms with Gasteiger partial charge in [-0.05, 0) is 54.7 Å². The van der Waals surface area contributed by atoms with Gasteiger partial charge in [0.2, 0.25) is 0 Å². The van der Waals surface area contributed by atoms with E-state index < -0.39 is 16.8 Å². The topological polar surface area (TPSA) is 42.9 Å². The second-order valence-electron chi connectivity index (χ2n) is 4.95. The highest BCUT2D eigenvalue weighted by atomic mass is 79.9. The number of nitrogens with one attached hydrogen (secondary N) is 1. The highest BCUT2D eigenvalue weighted by molar-refractivity contribution is 9.13. The van der Waals surface area contributed by atoms with Crippen LogP contribution in [0, 0.1) is 0 Å². The number of hydrogen-bond donors (Lipinski definition) is 1. The summed E-state index contributed by atoms with van der Waals surface area (Å²) in [5, 5.41) is -0.392. The molecule has 0 amide bonds. The molecule has 1 unspecified atom stereocenters. The fourth-order valence-corrected chi connectivity index (χ4v) is 2.63. The number of nitrogens with zero attached hydrogens (tertiary/aromatic N) is 1. The highest BCUT2D eigenvalue weighted by Gasteiger charge is 2.43. The standard InChI is InChI=1S/C11H6B4Br2N2O2.C2H6/c12-10(13)11(14,15)19-9(18-10)8-3-20-6-1-4(16)5(17)2-7(6)21-8;1-2/h1-2,8H,3H2,(H,18,19);1-2H3. The first-order valence-electron chi connectivity index (χ1n) is 7.01. The number of ether oxygens (including phenoxy) is 2. The van der Waals surface area contributed by atoms with Gasteiger partial charge in [-0.3, -0.25) is 4.99 Å². The van der Waals surface area contributed by atoms with E-state index in [1.165, 1.54) is 0 Å². The van der Waals surface area contributed by atoms with Crippen molar-refractivity contribution in [1.29, 1.82) is 0 Å². The van der Waals surface area contributed by atoms with Gasteiger partial charge < -0.3 is 14.8 Å². The molecule has 23 heavy (non-hydrogen) atoms. The van der Waals surface area contributed by atoms with Gasteiger partial charge in [0.15, 0.2) is 17.6 Å². The Morgan fingerprint density at radius 1 is 1.13 bits per heavy atom. The molecule has 4 nitrogen and oxygen atoms in total. The minimum atomic E-state index is -1.62. The third-order valence-corrected chi connectivity index (χ3v) is 5.10. The van der Waals surface area contributed by atoms with Crippen LogP contribution >= 0.6 is 31.9 Å². The third kappa shape index (κ3) is 3.63. The fourth-order valence-electron chi connectivity index (χ4n) is 1.99. The molecule has 0 saturated heterocycles. The van der Waals surface area contributed by atoms with E-state index in [0.29, 0.717) is 17.3 Å². The Kier molecular flexibility index (Phi) is 5.56. The number of benzene rings is 1. The van der Waals surface area contributed by atoms with Crippen LogP contribution in [-0.2, 0) is 0 Å². The predicted octanol–water partition coefficient (Wildman–Crippen LogP) is 1.36. The van der Waals surface area contributed by atoms with Crippen molar-refractivity contribution in [2.45, 2.75) is 30.6 Å². The molecule has 2 heterocycles. The van der Waals surface area contributed by atoms with E-state index in [1.54, 1.807) is 6.07 Å². The summed E-state index contributed by atoms with van der Waals surface area (Å²) in [5.74, 6) is 1.55. The van der Waals surface area contributed by atoms with Crippen molar-refractivity contribution in [3.8, 4) is 11.5 Å². The average Bonchev–Trinajstić information content (AvgIpc) is 2.70. The molecule has 0 saturated carbocycles. The molecular formula is C13H12B4Br2N2O2. The Hall–Kier alpha value is -0.490. The van der Waals surface area contributed by atoms with Gasteiger partial charge in [0.1, 0.15) is 12.4 Å². The van der Waals surface area contributed by atoms with Crippen LogP contribution < -0.4 is 14.8 Å². The second kappa shape index (κ2) is 6.79. The molecule has 10 heteroatoms. The zero-order valence-electron chi connectivity index (χ0n) is 12.8. The average molecular weight is 431 g/mol. The molecule has 1 aromatic rings. The molecule has 112 valence electrons. The summed E-state index contributed by atoms with van der Waals surface area (Å²) >= 11 is 6.81. The van der Waals surface area contributed by atoms with Gasteiger partial charge in [-0.25, -0.2) is 0 Å². The second-order valence-corrected chi connectivity index (χ2v) is 6.66. The maximum atomic E-state index is 5.85. The number of halogens is 2. The van der Waals surface area contributed by atoms with Gasteiger partial charge in [0.25, 0.3) is 0 Å². The fraction of sp³-hybridized carbons (Fsp3) is 0.462. The Bertz CT molecular complexity index is 641. The van der Waals surface area contributed by atoms with Gasteiger partial charge in [-0.2, -0.15) is 0 Å². The Morgan fingerprint density at radius 2 is 1.70 bits per heavy atom. The Balaban J connectivity index is 0.000000924. The monoisotopic (exact) mass is 430 g/mol. The van der Waals surface area contributed by atoms with Crippen LogP contribution in [0.1, 0.15) is 13.8 Å². The van der Waals surface area contributed by atoms with Gasteiger partial charge in [-0.1, -0.05) is 13.8 Å². The van der Waals surface area contributed by atoms with Crippen molar-refractivity contribution in [1.82, 2.24) is 5.32 Å². The molecule has 3 rings (SSSR count). The zero-order chi connectivity index (χ0) is 17.4. The minimum Gasteiger partial charge on any atom is -0.485 e. The Morgan fingerprint density at radius 3 is 2.22 bits per heavy atom. The molecule has 0 fully saturated rings. The largest absolute Gasteiger partial charge is 0.485 e. The maximum Gasteiger partial charge on any atom is 0.189 e. The molecule has 0 bridgehead atoms. The lowest BCUT2D eigenvalue weighted by molar-refractivity contribution is 0.132. The first kappa shape index (κ1) is 18.8. The molecule has 0 aliphatic carbocycles. The van der Waals surface area contributed by atoms with Crippen LogP contribution in [0.25, 0.3) is 0 Å². The minimum absolute atomic E-state index is 0.235. The zero-order valence-corrected chi connectivity index (χ0v) is 15.9. The lowest BCUT2D eigenvalue weighted by atomic mass is 9.39. The van der Waals surface area contributed by atoms with Crippen molar-refractivity contribution < 1.29 is 9.47 Å². The molecular weight excluding hydrogens is 419 g/mol. The molecule has 0 spiro atoms. The number of rotatable bonds is 1. The molecule has 1 atom stereocenters. The number of fused-ring (bicyclic) bond motifs is 1. The molecule has 2 aliphatic heterocycles. The van der Waals surface area contributed by atoms with E-state index in [0.717, 1.165) is 8.95 Å². The van der Waals surface area contributed by atoms with Gasteiger partial charge >= 0.3 is 0 Å². The van der Waals surface area contributed by atoms with Crippen LogP contribution in [0.15, 0.2) is 26.1 Å². The summed E-state index contributed by atoms with van der Waals surface area (Å²) in [6.07, 6.45) is -0.522. The number of aliphatic imine (C=N–C) groups is 1. The summed E-state index contributed by atoms with van der Waals surface area (Å²) in [5.41, 5.74) is 0. The van der Waals surface area contributed by atoms with Gasteiger partial charge in [0.05, 0.1) is 31.4 Å². The van der Waals surface area contributed by atoms with Crippen molar-refractivity contribution in [3.05, 3.63) is 21.1 Å². The first-order chi connectivity index (χ1) is 10.7. The predicted molar refractivity (Wildman–Crippen MR) is 102 cm³/mol. The lowest BCUT2D eigenvalue weighted by Crippen LogP contribution is -2.61. The first-order valence-corrected chi connectivity index (χ1v) is 8.60. The van der Waals surface area contributed by atoms with E-state index in [9.17, 15) is 0 Å². The lowest BCUT2D eigenvalue weighted by Gasteiger charge is -2.35. The van der Waals surface area contributed by atoms with E-state index in [2.05, 4.69) is 42.2 Å². The highest BCUT2D eigenvalue weighted by Crippen LogP contribution is 2.39. The summed E-state index contributed by atoms with van der Waals surface area (Å²) in [6, 6.07) is 3.60. The van der Waals surface area contributed by atoms with Crippen molar-refractivity contribution in [2.24, 2.45) is 4.99 Å². The van der Waals surface area contributed by atoms with Gasteiger partial charge in [-0.15, -0.1) is 0 Å². The molecule has 1 N–H and O–H groups in total. The van der Waals surface area contributed by atoms with Crippen molar-refractivity contribution in [3.63, 3.8) is 0 Å². The van der Waals surface area contributed by atoms with E-state index in [4.69, 9.17) is 40.9 Å². The quantitative estimate of drug-likeness (QED) is 0.684. The third-order valence-electron chi connectivity index (χ3n) is 3.25. The normalized spacial score (nSPS) is 23.1. The van der Waals surface area contributed by atoms with Crippen LogP contribution in [0.4, 0.5) is 0 Å². The van der Waals surface area contributed by atoms with Crippen LogP contribution in [-0.4, -0.2) is 60.6 Å². The number of amidine groups is 1. The SMILES string of the molecule is CC.[B]C1([B])N=C(C2COc3cc(Br)c(Br)cc3O2)NC1([B])[B]. The summed E-state index contributed by atoms with van der Waals surface area (Å²) in [7, 11) is 23.1. The van der Waals surface area contributed by atoms with Crippen molar-refractivity contribution >= 4 is 69.1 Å². The Labute approximate surface area is 158 Å². The molecule has 0 aromatic heterocycles. The maximum absolute atomic E-state index is 5.85. The van der Waals surface area contributed by atoms with Gasteiger partial charge in [0, 0.05) is 8.95 Å². The summed E-state index contributed by atoms with van der Waals surface area (Å²) in [6.45, 7) is 4.24. The van der Waals surface area contributed by atoms with E-state index >= 15 is 0 Å². The molecule has 1 aromatic carbocycles. The summed E-state index contributed by atoms with van der Waals surface area (Å²) < 4.78 is 13.2. The van der Waals surface area contributed by atoms with Crippen LogP contribution in [0.3, 0.4) is 0 Å². The smallest absolute Gasteiger partial charge is 0.189 e. The van der Waals surface area contributed by atoms with Crippen molar-refractivity contribution in [2.75, 3.05) is 6.61 Å². The van der Waals surface area contributed by atoms with E-state index in [1.807, 2.05) is 19.9 Å². The summed E-state index contributed by atoms with van der Waals surface area (Å²) in [4.78, 5) is 4.09. The van der Waals surface area contributed by atoms with Crippen LogP contribution in [0.5, 0.6) is 11.5 Å². The number of hydrogen-bond acceptors (Lipinski definition) is 4. The van der Waals surface area contributed by atoms with E-state index in [-0.39, 0.29) is 6.61 Å². The van der Waals surface area contributed by atoms with Crippen LogP contribution in [0.2, 0.25) is 0 Å². The molecule has 8 radical (unpaired) electrons. The molecule has 2 aliphatic rings.